The zero-order chi connectivity index (χ0) is 22.7. The van der Waals surface area contributed by atoms with Gasteiger partial charge >= 0.3 is 5.82 Å². The molecule has 0 saturated carbocycles. The number of carbonyl (C=O) groups is 1. The van der Waals surface area contributed by atoms with Crippen LogP contribution in [0.2, 0.25) is 10.0 Å². The van der Waals surface area contributed by atoms with Gasteiger partial charge in [-0.25, -0.2) is 0 Å². The first-order valence-corrected chi connectivity index (χ1v) is 9.29. The highest BCUT2D eigenvalue weighted by Crippen LogP contribution is 2.34. The molecule has 0 aliphatic heterocycles. The van der Waals surface area contributed by atoms with Crippen molar-refractivity contribution in [2.45, 2.75) is 13.5 Å². The van der Waals surface area contributed by atoms with Gasteiger partial charge in [0.05, 0.1) is 33.5 Å². The molecule has 0 unspecified atom stereocenters. The second-order valence-electron chi connectivity index (χ2n) is 6.26. The fourth-order valence-corrected chi connectivity index (χ4v) is 3.08. The standard InChI is InChI=1S/C18H13Cl2N5O6/c1-10-4-18(25(29)30)23(22-10)9-17(26)21-12-6-13(24(27)28)8-14(7-12)31-16-3-2-11(19)5-15(16)20/h2-8H,9H2,1H3,(H,21,26). The number of hydrogen-bond donors (Lipinski definition) is 1. The summed E-state index contributed by atoms with van der Waals surface area (Å²) >= 11 is 11.9. The third-order valence-electron chi connectivity index (χ3n) is 3.87. The maximum absolute atomic E-state index is 12.4. The van der Waals surface area contributed by atoms with E-state index in [2.05, 4.69) is 10.4 Å². The molecule has 160 valence electrons. The lowest BCUT2D eigenvalue weighted by Crippen LogP contribution is -2.20. The van der Waals surface area contributed by atoms with Crippen LogP contribution in [0.3, 0.4) is 0 Å². The number of amides is 1. The normalized spacial score (nSPS) is 10.5. The highest BCUT2D eigenvalue weighted by atomic mass is 35.5. The van der Waals surface area contributed by atoms with Crippen molar-refractivity contribution in [3.63, 3.8) is 0 Å². The zero-order valence-corrected chi connectivity index (χ0v) is 17.3. The molecule has 1 aromatic heterocycles. The monoisotopic (exact) mass is 465 g/mol. The molecule has 3 aromatic rings. The molecule has 0 fully saturated rings. The molecule has 2 aromatic carbocycles. The first-order valence-electron chi connectivity index (χ1n) is 8.53. The van der Waals surface area contributed by atoms with Gasteiger partial charge in [-0.2, -0.15) is 0 Å². The summed E-state index contributed by atoms with van der Waals surface area (Å²) in [5.74, 6) is -0.795. The summed E-state index contributed by atoms with van der Waals surface area (Å²) in [5.41, 5.74) is 0.0648. The number of non-ortho nitro benzene ring substituents is 1. The van der Waals surface area contributed by atoms with Crippen LogP contribution in [0.1, 0.15) is 5.69 Å². The van der Waals surface area contributed by atoms with Gasteiger partial charge in [0.15, 0.2) is 6.54 Å². The Balaban J connectivity index is 1.84. The van der Waals surface area contributed by atoms with Crippen LogP contribution < -0.4 is 10.1 Å². The van der Waals surface area contributed by atoms with E-state index in [0.29, 0.717) is 10.7 Å². The molecule has 0 aliphatic carbocycles. The molecule has 13 heteroatoms. The van der Waals surface area contributed by atoms with Crippen molar-refractivity contribution in [3.8, 4) is 11.5 Å². The molecule has 31 heavy (non-hydrogen) atoms. The predicted molar refractivity (Wildman–Crippen MR) is 112 cm³/mol. The smallest absolute Gasteiger partial charge is 0.345 e. The summed E-state index contributed by atoms with van der Waals surface area (Å²) in [5, 5.41) is 29.3. The largest absolute Gasteiger partial charge is 0.455 e. The van der Waals surface area contributed by atoms with E-state index >= 15 is 0 Å². The van der Waals surface area contributed by atoms with Crippen LogP contribution in [0.25, 0.3) is 0 Å². The van der Waals surface area contributed by atoms with Crippen molar-refractivity contribution in [2.75, 3.05) is 5.32 Å². The second kappa shape index (κ2) is 8.98. The molecule has 1 amide bonds. The Kier molecular flexibility index (Phi) is 6.37. The average molecular weight is 466 g/mol. The third-order valence-corrected chi connectivity index (χ3v) is 4.40. The van der Waals surface area contributed by atoms with Crippen LogP contribution in [0, 0.1) is 27.2 Å². The molecule has 1 heterocycles. The quantitative estimate of drug-likeness (QED) is 0.391. The Hall–Kier alpha value is -3.70. The van der Waals surface area contributed by atoms with Crippen LogP contribution in [-0.4, -0.2) is 25.5 Å². The molecular weight excluding hydrogens is 453 g/mol. The average Bonchev–Trinajstić information content (AvgIpc) is 3.04. The Morgan fingerprint density at radius 1 is 1.13 bits per heavy atom. The van der Waals surface area contributed by atoms with E-state index in [1.165, 1.54) is 30.3 Å². The van der Waals surface area contributed by atoms with E-state index < -0.39 is 22.3 Å². The summed E-state index contributed by atoms with van der Waals surface area (Å²) in [6, 6.07) is 9.31. The van der Waals surface area contributed by atoms with Crippen molar-refractivity contribution in [1.82, 2.24) is 9.78 Å². The summed E-state index contributed by atoms with van der Waals surface area (Å²) in [6.45, 7) is 1.08. The molecule has 0 bridgehead atoms. The number of rotatable bonds is 7. The lowest BCUT2D eigenvalue weighted by molar-refractivity contribution is -0.392. The summed E-state index contributed by atoms with van der Waals surface area (Å²) in [4.78, 5) is 33.4. The zero-order valence-electron chi connectivity index (χ0n) is 15.7. The number of ether oxygens (including phenoxy) is 1. The number of nitrogens with zero attached hydrogens (tertiary/aromatic N) is 4. The van der Waals surface area contributed by atoms with Crippen molar-refractivity contribution >= 4 is 46.3 Å². The summed E-state index contributed by atoms with van der Waals surface area (Å²) in [7, 11) is 0. The van der Waals surface area contributed by atoms with Crippen LogP contribution in [0.4, 0.5) is 17.2 Å². The minimum Gasteiger partial charge on any atom is -0.455 e. The molecule has 0 saturated heterocycles. The van der Waals surface area contributed by atoms with E-state index in [9.17, 15) is 25.0 Å². The highest BCUT2D eigenvalue weighted by Gasteiger charge is 2.20. The molecule has 0 spiro atoms. The number of carbonyl (C=O) groups excluding carboxylic acids is 1. The first kappa shape index (κ1) is 22.0. The number of benzene rings is 2. The maximum Gasteiger partial charge on any atom is 0.345 e. The van der Waals surface area contributed by atoms with Gasteiger partial charge in [-0.1, -0.05) is 28.3 Å². The Labute approximate surface area is 184 Å². The lowest BCUT2D eigenvalue weighted by Gasteiger charge is -2.10. The number of hydrogen-bond acceptors (Lipinski definition) is 7. The third kappa shape index (κ3) is 5.47. The van der Waals surface area contributed by atoms with Gasteiger partial charge in [-0.05, 0) is 30.0 Å². The lowest BCUT2D eigenvalue weighted by atomic mass is 10.2. The topological polar surface area (TPSA) is 142 Å². The minimum absolute atomic E-state index is 0.0367. The first-order chi connectivity index (χ1) is 14.6. The molecule has 3 rings (SSSR count). The fraction of sp³-hybridized carbons (Fsp3) is 0.111. The van der Waals surface area contributed by atoms with Crippen molar-refractivity contribution < 1.29 is 19.4 Å². The van der Waals surface area contributed by atoms with Gasteiger partial charge in [-0.15, -0.1) is 4.68 Å². The van der Waals surface area contributed by atoms with Crippen LogP contribution in [-0.2, 0) is 11.3 Å². The number of nitro benzene ring substituents is 1. The van der Waals surface area contributed by atoms with E-state index in [0.717, 1.165) is 16.8 Å². The molecule has 0 aliphatic rings. The van der Waals surface area contributed by atoms with E-state index in [4.69, 9.17) is 27.9 Å². The van der Waals surface area contributed by atoms with Crippen LogP contribution in [0.5, 0.6) is 11.5 Å². The van der Waals surface area contributed by atoms with Gasteiger partial charge in [0.25, 0.3) is 11.6 Å². The molecule has 0 radical (unpaired) electrons. The maximum atomic E-state index is 12.4. The Morgan fingerprint density at radius 2 is 1.87 bits per heavy atom. The molecule has 1 N–H and O–H groups in total. The molecular formula is C18H13Cl2N5O6. The van der Waals surface area contributed by atoms with Crippen molar-refractivity contribution in [1.29, 1.82) is 0 Å². The Morgan fingerprint density at radius 3 is 2.52 bits per heavy atom. The number of aryl methyl sites for hydroxylation is 1. The van der Waals surface area contributed by atoms with E-state index in [1.807, 2.05) is 0 Å². The predicted octanol–water partition coefficient (Wildman–Crippen LogP) is 4.75. The number of nitro groups is 2. The van der Waals surface area contributed by atoms with Gasteiger partial charge in [0, 0.05) is 17.2 Å². The SMILES string of the molecule is Cc1cc([N+](=O)[O-])n(CC(=O)Nc2cc(Oc3ccc(Cl)cc3Cl)cc([N+](=O)[O-])c2)n1. The van der Waals surface area contributed by atoms with Gasteiger partial charge in [0.1, 0.15) is 11.5 Å². The number of aromatic nitrogens is 2. The van der Waals surface area contributed by atoms with Gasteiger partial charge < -0.3 is 20.2 Å². The number of nitrogens with one attached hydrogen (secondary N) is 1. The molecule has 11 nitrogen and oxygen atoms in total. The van der Waals surface area contributed by atoms with Gasteiger partial charge in [-0.3, -0.25) is 14.9 Å². The number of halogens is 2. The van der Waals surface area contributed by atoms with Crippen molar-refractivity contribution in [3.05, 3.63) is 78.4 Å². The van der Waals surface area contributed by atoms with Crippen LogP contribution >= 0.6 is 23.2 Å². The molecule has 0 atom stereocenters. The van der Waals surface area contributed by atoms with Gasteiger partial charge in [0.2, 0.25) is 0 Å². The van der Waals surface area contributed by atoms with Crippen molar-refractivity contribution in [2.24, 2.45) is 0 Å². The van der Waals surface area contributed by atoms with E-state index in [1.54, 1.807) is 6.92 Å². The van der Waals surface area contributed by atoms with Crippen LogP contribution in [0.15, 0.2) is 42.5 Å². The fourth-order valence-electron chi connectivity index (χ4n) is 2.64. The Bertz CT molecular complexity index is 1200. The minimum atomic E-state index is -0.679. The second-order valence-corrected chi connectivity index (χ2v) is 7.10. The van der Waals surface area contributed by atoms with E-state index in [-0.39, 0.29) is 33.7 Å². The summed E-state index contributed by atoms with van der Waals surface area (Å²) in [6.07, 6.45) is 0. The summed E-state index contributed by atoms with van der Waals surface area (Å²) < 4.78 is 6.52. The highest BCUT2D eigenvalue weighted by molar-refractivity contribution is 6.35. The number of anilines is 1.